The summed E-state index contributed by atoms with van der Waals surface area (Å²) in [6.07, 6.45) is 1.70. The second kappa shape index (κ2) is 5.95. The second-order valence-corrected chi connectivity index (χ2v) is 3.42. The van der Waals surface area contributed by atoms with Gasteiger partial charge in [-0.1, -0.05) is 0 Å². The standard InChI is InChI=1S/C9H17NO4/c11-4-6-14-5-3-10-8-2-1-7(8)9(12)13/h7-8,10-11H,1-6H2,(H,12,13). The molecule has 3 N–H and O–H groups in total. The molecule has 2 unspecified atom stereocenters. The molecule has 82 valence electrons. The zero-order valence-electron chi connectivity index (χ0n) is 8.11. The molecule has 0 heterocycles. The summed E-state index contributed by atoms with van der Waals surface area (Å²) >= 11 is 0. The molecular formula is C9H17NO4. The predicted octanol–water partition coefficient (Wildman–Crippen LogP) is -0.552. The van der Waals surface area contributed by atoms with Crippen molar-refractivity contribution >= 4 is 5.97 Å². The summed E-state index contributed by atoms with van der Waals surface area (Å²) < 4.78 is 5.04. The van der Waals surface area contributed by atoms with Crippen LogP contribution in [0.2, 0.25) is 0 Å². The Morgan fingerprint density at radius 1 is 1.43 bits per heavy atom. The van der Waals surface area contributed by atoms with Crippen molar-refractivity contribution in [2.45, 2.75) is 18.9 Å². The van der Waals surface area contributed by atoms with Gasteiger partial charge in [0.1, 0.15) is 0 Å². The molecular weight excluding hydrogens is 186 g/mol. The molecule has 0 aliphatic heterocycles. The van der Waals surface area contributed by atoms with Gasteiger partial charge in [0.05, 0.1) is 25.7 Å². The van der Waals surface area contributed by atoms with Gasteiger partial charge in [0.2, 0.25) is 0 Å². The molecule has 1 aliphatic rings. The first kappa shape index (κ1) is 11.4. The largest absolute Gasteiger partial charge is 0.481 e. The van der Waals surface area contributed by atoms with E-state index in [-0.39, 0.29) is 18.6 Å². The highest BCUT2D eigenvalue weighted by atomic mass is 16.5. The van der Waals surface area contributed by atoms with Crippen molar-refractivity contribution < 1.29 is 19.7 Å². The normalized spacial score (nSPS) is 25.8. The number of hydrogen-bond acceptors (Lipinski definition) is 4. The fourth-order valence-corrected chi connectivity index (χ4v) is 1.52. The lowest BCUT2D eigenvalue weighted by atomic mass is 9.79. The average Bonchev–Trinajstić information content (AvgIpc) is 2.08. The van der Waals surface area contributed by atoms with E-state index in [9.17, 15) is 4.79 Å². The molecule has 0 radical (unpaired) electrons. The van der Waals surface area contributed by atoms with Crippen LogP contribution in [-0.2, 0) is 9.53 Å². The number of aliphatic hydroxyl groups is 1. The Bertz CT molecular complexity index is 186. The van der Waals surface area contributed by atoms with Gasteiger partial charge in [-0.25, -0.2) is 0 Å². The summed E-state index contributed by atoms with van der Waals surface area (Å²) in [6, 6.07) is 0.102. The fraction of sp³-hybridized carbons (Fsp3) is 0.889. The first-order valence-corrected chi connectivity index (χ1v) is 4.90. The van der Waals surface area contributed by atoms with Crippen molar-refractivity contribution in [2.24, 2.45) is 5.92 Å². The van der Waals surface area contributed by atoms with Crippen LogP contribution in [0.1, 0.15) is 12.8 Å². The van der Waals surface area contributed by atoms with E-state index in [2.05, 4.69) is 5.32 Å². The number of ether oxygens (including phenoxy) is 1. The van der Waals surface area contributed by atoms with E-state index in [1.807, 2.05) is 0 Å². The molecule has 5 nitrogen and oxygen atoms in total. The minimum atomic E-state index is -0.718. The van der Waals surface area contributed by atoms with E-state index in [1.165, 1.54) is 0 Å². The first-order chi connectivity index (χ1) is 6.75. The van der Waals surface area contributed by atoms with Gasteiger partial charge in [0.15, 0.2) is 0 Å². The summed E-state index contributed by atoms with van der Waals surface area (Å²) in [4.78, 5) is 10.6. The van der Waals surface area contributed by atoms with E-state index in [0.717, 1.165) is 12.8 Å². The van der Waals surface area contributed by atoms with Gasteiger partial charge in [-0.15, -0.1) is 0 Å². The zero-order valence-corrected chi connectivity index (χ0v) is 8.11. The van der Waals surface area contributed by atoms with Crippen LogP contribution in [0, 0.1) is 5.92 Å². The molecule has 1 saturated carbocycles. The van der Waals surface area contributed by atoms with Crippen molar-refractivity contribution in [1.82, 2.24) is 5.32 Å². The third-order valence-corrected chi connectivity index (χ3v) is 2.48. The molecule has 0 aromatic carbocycles. The Labute approximate surface area is 83.1 Å². The van der Waals surface area contributed by atoms with Crippen molar-refractivity contribution in [1.29, 1.82) is 0 Å². The van der Waals surface area contributed by atoms with E-state index < -0.39 is 5.97 Å². The van der Waals surface area contributed by atoms with Crippen LogP contribution in [-0.4, -0.2) is 48.6 Å². The molecule has 1 fully saturated rings. The Balaban J connectivity index is 1.99. The molecule has 1 rings (SSSR count). The predicted molar refractivity (Wildman–Crippen MR) is 50.1 cm³/mol. The molecule has 0 bridgehead atoms. The van der Waals surface area contributed by atoms with Crippen molar-refractivity contribution in [3.8, 4) is 0 Å². The molecule has 14 heavy (non-hydrogen) atoms. The quantitative estimate of drug-likeness (QED) is 0.484. The van der Waals surface area contributed by atoms with E-state index >= 15 is 0 Å². The Morgan fingerprint density at radius 2 is 2.21 bits per heavy atom. The van der Waals surface area contributed by atoms with Gasteiger partial charge in [0, 0.05) is 12.6 Å². The van der Waals surface area contributed by atoms with Gasteiger partial charge in [0.25, 0.3) is 0 Å². The lowest BCUT2D eigenvalue weighted by Gasteiger charge is -2.34. The zero-order chi connectivity index (χ0) is 10.4. The smallest absolute Gasteiger partial charge is 0.308 e. The first-order valence-electron chi connectivity index (χ1n) is 4.90. The van der Waals surface area contributed by atoms with Gasteiger partial charge in [-0.05, 0) is 12.8 Å². The lowest BCUT2D eigenvalue weighted by molar-refractivity contribution is -0.146. The monoisotopic (exact) mass is 203 g/mol. The summed E-state index contributed by atoms with van der Waals surface area (Å²) in [5, 5.41) is 20.3. The number of carboxylic acids is 1. The Hall–Kier alpha value is -0.650. The highest BCUT2D eigenvalue weighted by Crippen LogP contribution is 2.27. The number of carboxylic acid groups (broad SMARTS) is 1. The average molecular weight is 203 g/mol. The molecule has 5 heteroatoms. The SMILES string of the molecule is O=C(O)C1CCC1NCCOCCO. The van der Waals surface area contributed by atoms with Crippen LogP contribution >= 0.6 is 0 Å². The van der Waals surface area contributed by atoms with Crippen LogP contribution in [0.4, 0.5) is 0 Å². The highest BCUT2D eigenvalue weighted by Gasteiger charge is 2.35. The van der Waals surface area contributed by atoms with Crippen LogP contribution < -0.4 is 5.32 Å². The lowest BCUT2D eigenvalue weighted by Crippen LogP contribution is -2.48. The Kier molecular flexibility index (Phi) is 4.86. The number of aliphatic carboxylic acids is 1. The Morgan fingerprint density at radius 3 is 2.71 bits per heavy atom. The summed E-state index contributed by atoms with van der Waals surface area (Å²) in [7, 11) is 0. The molecule has 0 spiro atoms. The van der Waals surface area contributed by atoms with Crippen molar-refractivity contribution in [3.05, 3.63) is 0 Å². The minimum Gasteiger partial charge on any atom is -0.481 e. The van der Waals surface area contributed by atoms with Gasteiger partial charge >= 0.3 is 5.97 Å². The molecule has 0 amide bonds. The number of hydrogen-bond donors (Lipinski definition) is 3. The van der Waals surface area contributed by atoms with E-state index in [0.29, 0.717) is 19.8 Å². The number of rotatable bonds is 7. The van der Waals surface area contributed by atoms with Gasteiger partial charge in [-0.2, -0.15) is 0 Å². The highest BCUT2D eigenvalue weighted by molar-refractivity contribution is 5.72. The maximum absolute atomic E-state index is 10.6. The molecule has 0 saturated heterocycles. The molecule has 2 atom stereocenters. The van der Waals surface area contributed by atoms with Crippen LogP contribution in [0.5, 0.6) is 0 Å². The topological polar surface area (TPSA) is 78.8 Å². The van der Waals surface area contributed by atoms with E-state index in [4.69, 9.17) is 14.9 Å². The summed E-state index contributed by atoms with van der Waals surface area (Å²) in [5.41, 5.74) is 0. The molecule has 1 aliphatic carbocycles. The van der Waals surface area contributed by atoms with Crippen molar-refractivity contribution in [3.63, 3.8) is 0 Å². The molecule has 0 aromatic rings. The second-order valence-electron chi connectivity index (χ2n) is 3.42. The van der Waals surface area contributed by atoms with Gasteiger partial charge in [-0.3, -0.25) is 4.79 Å². The minimum absolute atomic E-state index is 0.0289. The summed E-state index contributed by atoms with van der Waals surface area (Å²) in [6.45, 7) is 1.54. The number of aliphatic hydroxyl groups excluding tert-OH is 1. The van der Waals surface area contributed by atoms with Crippen LogP contribution in [0.3, 0.4) is 0 Å². The number of carbonyl (C=O) groups is 1. The van der Waals surface area contributed by atoms with Gasteiger partial charge < -0.3 is 20.3 Å². The van der Waals surface area contributed by atoms with Crippen LogP contribution in [0.15, 0.2) is 0 Å². The maximum atomic E-state index is 10.6. The van der Waals surface area contributed by atoms with Crippen molar-refractivity contribution in [2.75, 3.05) is 26.4 Å². The third-order valence-electron chi connectivity index (χ3n) is 2.48. The third kappa shape index (κ3) is 3.25. The van der Waals surface area contributed by atoms with Crippen LogP contribution in [0.25, 0.3) is 0 Å². The van der Waals surface area contributed by atoms with E-state index in [1.54, 1.807) is 0 Å². The fourth-order valence-electron chi connectivity index (χ4n) is 1.52. The maximum Gasteiger partial charge on any atom is 0.308 e. The number of nitrogens with one attached hydrogen (secondary N) is 1. The summed E-state index contributed by atoms with van der Waals surface area (Å²) in [5.74, 6) is -0.946. The molecule has 0 aromatic heterocycles.